The number of anilines is 3. The number of carbonyl (C=O) groups excluding carboxylic acids is 3. The third-order valence-electron chi connectivity index (χ3n) is 7.61. The Morgan fingerprint density at radius 3 is 2.51 bits per heavy atom. The van der Waals surface area contributed by atoms with E-state index < -0.39 is 17.4 Å². The zero-order valence-corrected chi connectivity index (χ0v) is 25.2. The lowest BCUT2D eigenvalue weighted by molar-refractivity contribution is -0.151. The second-order valence-electron chi connectivity index (χ2n) is 10.2. The summed E-state index contributed by atoms with van der Waals surface area (Å²) in [5.41, 5.74) is 2.44. The lowest BCUT2D eigenvalue weighted by Gasteiger charge is -2.37. The maximum Gasteiger partial charge on any atom is 0.308 e. The molecular weight excluding hydrogens is 590 g/mol. The van der Waals surface area contributed by atoms with Gasteiger partial charge in [0.05, 0.1) is 11.4 Å². The monoisotopic (exact) mass is 623 g/mol. The average Bonchev–Trinajstić information content (AvgIpc) is 3.81. The van der Waals surface area contributed by atoms with Crippen molar-refractivity contribution in [2.24, 2.45) is 0 Å². The molecule has 0 spiro atoms. The van der Waals surface area contributed by atoms with E-state index in [-0.39, 0.29) is 17.7 Å². The molecule has 0 saturated heterocycles. The predicted molar refractivity (Wildman–Crippen MR) is 159 cm³/mol. The van der Waals surface area contributed by atoms with Crippen molar-refractivity contribution < 1.29 is 23.9 Å². The van der Waals surface area contributed by atoms with Crippen LogP contribution in [0.25, 0.3) is 0 Å². The highest BCUT2D eigenvalue weighted by atomic mass is 79.9. The molecule has 4 rings (SSSR count). The standard InChI is InChI=1S/C30H34BrN5O5/c1-5-6-26(38)36(24-15-18(2)22(31)16-21(24)19-7-8-19)25-10-9-23(33-3)27(35-25)28(32)41-20-11-13-30(40-4,14-12-20)29(39)34-17-37/h9-10,15-17,19-20,32-33H,7-8,11-14H2,1-4H3,(H,34,37,39). The number of halogens is 1. The van der Waals surface area contributed by atoms with Crippen LogP contribution in [0.2, 0.25) is 0 Å². The number of hydrogen-bond acceptors (Lipinski definition) is 8. The number of aromatic nitrogens is 1. The van der Waals surface area contributed by atoms with Gasteiger partial charge in [0, 0.05) is 18.6 Å². The molecule has 11 heteroatoms. The molecule has 2 aliphatic rings. The van der Waals surface area contributed by atoms with Gasteiger partial charge in [-0.25, -0.2) is 4.98 Å². The number of rotatable bonds is 9. The van der Waals surface area contributed by atoms with Gasteiger partial charge in [0.1, 0.15) is 23.2 Å². The van der Waals surface area contributed by atoms with Crippen LogP contribution >= 0.6 is 15.9 Å². The summed E-state index contributed by atoms with van der Waals surface area (Å²) in [7, 11) is 3.17. The summed E-state index contributed by atoms with van der Waals surface area (Å²) in [5.74, 6) is 4.98. The van der Waals surface area contributed by atoms with E-state index in [0.29, 0.717) is 49.5 Å². The first-order valence-corrected chi connectivity index (χ1v) is 14.3. The minimum atomic E-state index is -1.11. The highest BCUT2D eigenvalue weighted by Crippen LogP contribution is 2.47. The van der Waals surface area contributed by atoms with E-state index in [4.69, 9.17) is 19.9 Å². The van der Waals surface area contributed by atoms with E-state index >= 15 is 0 Å². The lowest BCUT2D eigenvalue weighted by atomic mass is 9.82. The van der Waals surface area contributed by atoms with Gasteiger partial charge in [-0.15, -0.1) is 0 Å². The molecule has 0 bridgehead atoms. The molecule has 216 valence electrons. The normalized spacial score (nSPS) is 19.8. The minimum Gasteiger partial charge on any atom is -0.473 e. The number of methoxy groups -OCH3 is 1. The minimum absolute atomic E-state index is 0.160. The molecule has 3 N–H and O–H groups in total. The van der Waals surface area contributed by atoms with E-state index in [1.54, 1.807) is 26.1 Å². The van der Waals surface area contributed by atoms with Gasteiger partial charge >= 0.3 is 5.91 Å². The first-order valence-electron chi connectivity index (χ1n) is 13.5. The van der Waals surface area contributed by atoms with Crippen LogP contribution in [0.4, 0.5) is 17.2 Å². The molecule has 2 aromatic rings. The van der Waals surface area contributed by atoms with Crippen LogP contribution in [0, 0.1) is 24.2 Å². The molecule has 0 unspecified atom stereocenters. The summed E-state index contributed by atoms with van der Waals surface area (Å²) in [4.78, 5) is 42.9. The molecule has 2 saturated carbocycles. The van der Waals surface area contributed by atoms with Gasteiger partial charge in [0.25, 0.3) is 5.91 Å². The van der Waals surface area contributed by atoms with Crippen LogP contribution in [0.15, 0.2) is 28.7 Å². The van der Waals surface area contributed by atoms with E-state index in [1.807, 2.05) is 13.0 Å². The van der Waals surface area contributed by atoms with Crippen LogP contribution in [0.1, 0.15) is 68.2 Å². The van der Waals surface area contributed by atoms with Crippen molar-refractivity contribution in [3.63, 3.8) is 0 Å². The molecule has 0 atom stereocenters. The number of aryl methyl sites for hydroxylation is 1. The van der Waals surface area contributed by atoms with Crippen molar-refractivity contribution in [1.82, 2.24) is 10.3 Å². The van der Waals surface area contributed by atoms with Gasteiger partial charge in [0.2, 0.25) is 12.3 Å². The van der Waals surface area contributed by atoms with Crippen molar-refractivity contribution in [2.45, 2.75) is 70.0 Å². The van der Waals surface area contributed by atoms with Crippen LogP contribution in [0.3, 0.4) is 0 Å². The van der Waals surface area contributed by atoms with Crippen LogP contribution in [-0.2, 0) is 23.9 Å². The van der Waals surface area contributed by atoms with Crippen molar-refractivity contribution in [3.8, 4) is 11.8 Å². The first-order chi connectivity index (χ1) is 19.7. The van der Waals surface area contributed by atoms with E-state index in [2.05, 4.69) is 44.5 Å². The number of nitrogens with one attached hydrogen (secondary N) is 3. The van der Waals surface area contributed by atoms with Crippen molar-refractivity contribution >= 4 is 57.2 Å². The molecule has 1 aromatic carbocycles. The molecule has 0 aliphatic heterocycles. The van der Waals surface area contributed by atoms with Gasteiger partial charge in [-0.1, -0.05) is 21.9 Å². The Morgan fingerprint density at radius 2 is 1.93 bits per heavy atom. The zero-order valence-electron chi connectivity index (χ0n) is 23.6. The van der Waals surface area contributed by atoms with Crippen LogP contribution < -0.4 is 15.5 Å². The molecule has 10 nitrogen and oxygen atoms in total. The van der Waals surface area contributed by atoms with Crippen LogP contribution in [0.5, 0.6) is 0 Å². The smallest absolute Gasteiger partial charge is 0.308 e. The molecule has 0 radical (unpaired) electrons. The Balaban J connectivity index is 1.64. The summed E-state index contributed by atoms with van der Waals surface area (Å²) in [6.07, 6.45) is 3.63. The first kappa shape index (κ1) is 30.2. The second-order valence-corrected chi connectivity index (χ2v) is 11.1. The largest absolute Gasteiger partial charge is 0.473 e. The summed E-state index contributed by atoms with van der Waals surface area (Å²) >= 11 is 3.63. The van der Waals surface area contributed by atoms with Crippen molar-refractivity contribution in [1.29, 1.82) is 5.41 Å². The maximum absolute atomic E-state index is 13.4. The number of imide groups is 1. The van der Waals surface area contributed by atoms with Crippen molar-refractivity contribution in [3.05, 3.63) is 45.6 Å². The number of benzene rings is 1. The highest BCUT2D eigenvalue weighted by molar-refractivity contribution is 9.10. The molecule has 1 aromatic heterocycles. The lowest BCUT2D eigenvalue weighted by Crippen LogP contribution is -2.51. The summed E-state index contributed by atoms with van der Waals surface area (Å²) < 4.78 is 12.5. The fourth-order valence-corrected chi connectivity index (χ4v) is 5.51. The van der Waals surface area contributed by atoms with Gasteiger partial charge in [-0.3, -0.25) is 30.0 Å². The molecular formula is C30H34BrN5O5. The Kier molecular flexibility index (Phi) is 9.46. The summed E-state index contributed by atoms with van der Waals surface area (Å²) in [6, 6.07) is 7.52. The molecule has 2 aliphatic carbocycles. The third kappa shape index (κ3) is 6.44. The van der Waals surface area contributed by atoms with Gasteiger partial charge in [0.15, 0.2) is 0 Å². The number of hydrogen-bond donors (Lipinski definition) is 3. The maximum atomic E-state index is 13.4. The Labute approximate surface area is 248 Å². The number of amides is 3. The fraction of sp³-hybridized carbons (Fsp3) is 0.433. The van der Waals surface area contributed by atoms with Crippen LogP contribution in [-0.4, -0.2) is 55.0 Å². The third-order valence-corrected chi connectivity index (χ3v) is 8.47. The molecule has 2 fully saturated rings. The SMILES string of the molecule is CC#CC(=O)N(c1ccc(NC)c(C(=N)OC2CCC(OC)(C(=O)NC=O)CC2)n1)c1cc(C)c(Br)cc1C1CC1. The van der Waals surface area contributed by atoms with E-state index in [0.717, 1.165) is 34.1 Å². The fourth-order valence-electron chi connectivity index (χ4n) is 5.15. The Morgan fingerprint density at radius 1 is 1.22 bits per heavy atom. The number of ether oxygens (including phenoxy) is 2. The summed E-state index contributed by atoms with van der Waals surface area (Å²) in [6.45, 7) is 3.58. The zero-order chi connectivity index (χ0) is 29.7. The molecule has 1 heterocycles. The number of pyridine rings is 1. The summed E-state index contributed by atoms with van der Waals surface area (Å²) in [5, 5.41) is 14.0. The quantitative estimate of drug-likeness (QED) is 0.159. The number of carbonyl (C=O) groups is 3. The predicted octanol–water partition coefficient (Wildman–Crippen LogP) is 4.70. The van der Waals surface area contributed by atoms with E-state index in [1.165, 1.54) is 12.0 Å². The second kappa shape index (κ2) is 12.8. The van der Waals surface area contributed by atoms with Crippen molar-refractivity contribution in [2.75, 3.05) is 24.4 Å². The Hall–Kier alpha value is -3.75. The molecule has 3 amide bonds. The van der Waals surface area contributed by atoms with Gasteiger partial charge < -0.3 is 14.8 Å². The number of nitrogens with zero attached hydrogens (tertiary/aromatic N) is 2. The van der Waals surface area contributed by atoms with Gasteiger partial charge in [-0.2, -0.15) is 0 Å². The topological polar surface area (TPSA) is 134 Å². The highest BCUT2D eigenvalue weighted by Gasteiger charge is 2.43. The van der Waals surface area contributed by atoms with Gasteiger partial charge in [-0.05, 0) is 99.6 Å². The molecule has 41 heavy (non-hydrogen) atoms. The Bertz CT molecular complexity index is 1420. The average molecular weight is 625 g/mol. The van der Waals surface area contributed by atoms with E-state index in [9.17, 15) is 14.4 Å².